The van der Waals surface area contributed by atoms with Crippen LogP contribution in [0.3, 0.4) is 0 Å². The van der Waals surface area contributed by atoms with Crippen LogP contribution < -0.4 is 0 Å². The molecule has 0 amide bonds. The second-order valence-corrected chi connectivity index (χ2v) is 9.50. The Morgan fingerprint density at radius 2 is 0.694 bits per heavy atom. The van der Waals surface area contributed by atoms with Gasteiger partial charge in [-0.15, -0.1) is 0 Å². The lowest BCUT2D eigenvalue weighted by Gasteiger charge is -2.10. The van der Waals surface area contributed by atoms with E-state index in [1.54, 1.807) is 0 Å². The SMILES string of the molecule is c1ccc(-c2ccc3c(c2)cc2c4cc5cc(-c6ccccc6)ccc5n4c4ccccc4n32)cc1. The van der Waals surface area contributed by atoms with Crippen molar-refractivity contribution < 1.29 is 0 Å². The Morgan fingerprint density at radius 3 is 1.14 bits per heavy atom. The second-order valence-electron chi connectivity index (χ2n) is 9.50. The first-order chi connectivity index (χ1) is 17.8. The van der Waals surface area contributed by atoms with Crippen molar-refractivity contribution in [2.45, 2.75) is 0 Å². The maximum atomic E-state index is 2.42. The summed E-state index contributed by atoms with van der Waals surface area (Å²) in [6.07, 6.45) is 0. The first-order valence-electron chi connectivity index (χ1n) is 12.4. The van der Waals surface area contributed by atoms with E-state index in [-0.39, 0.29) is 0 Å². The normalized spacial score (nSPS) is 11.9. The van der Waals surface area contributed by atoms with Crippen LogP contribution >= 0.6 is 0 Å². The van der Waals surface area contributed by atoms with Gasteiger partial charge in [-0.05, 0) is 70.8 Å². The highest BCUT2D eigenvalue weighted by Gasteiger charge is 2.16. The first kappa shape index (κ1) is 19.5. The van der Waals surface area contributed by atoms with Crippen LogP contribution in [0.15, 0.2) is 133 Å². The molecular weight excluding hydrogens is 436 g/mol. The van der Waals surface area contributed by atoms with Gasteiger partial charge in [0.15, 0.2) is 0 Å². The molecule has 2 nitrogen and oxygen atoms in total. The fourth-order valence-corrected chi connectivity index (χ4v) is 5.79. The van der Waals surface area contributed by atoms with Gasteiger partial charge < -0.3 is 8.80 Å². The Kier molecular flexibility index (Phi) is 3.97. The summed E-state index contributed by atoms with van der Waals surface area (Å²) in [4.78, 5) is 0. The number of hydrogen-bond acceptors (Lipinski definition) is 0. The Hall–Kier alpha value is -4.82. The molecule has 0 aliphatic rings. The number of fused-ring (bicyclic) bond motifs is 10. The third-order valence-corrected chi connectivity index (χ3v) is 7.44. The zero-order chi connectivity index (χ0) is 23.6. The van der Waals surface area contributed by atoms with Gasteiger partial charge in [-0.25, -0.2) is 0 Å². The zero-order valence-corrected chi connectivity index (χ0v) is 19.6. The van der Waals surface area contributed by atoms with Crippen molar-refractivity contribution >= 4 is 43.9 Å². The van der Waals surface area contributed by atoms with E-state index in [9.17, 15) is 0 Å². The molecule has 0 bridgehead atoms. The molecule has 3 heterocycles. The molecule has 168 valence electrons. The molecule has 0 unspecified atom stereocenters. The average Bonchev–Trinajstić information content (AvgIpc) is 3.52. The number of aromatic nitrogens is 2. The second kappa shape index (κ2) is 7.34. The third-order valence-electron chi connectivity index (χ3n) is 7.44. The van der Waals surface area contributed by atoms with Crippen LogP contribution in [-0.2, 0) is 0 Å². The van der Waals surface area contributed by atoms with Crippen molar-refractivity contribution in [2.24, 2.45) is 0 Å². The van der Waals surface area contributed by atoms with Gasteiger partial charge in [-0.3, -0.25) is 0 Å². The molecule has 0 atom stereocenters. The van der Waals surface area contributed by atoms with E-state index >= 15 is 0 Å². The molecule has 36 heavy (non-hydrogen) atoms. The highest BCUT2D eigenvalue weighted by atomic mass is 15.0. The van der Waals surface area contributed by atoms with Gasteiger partial charge in [-0.2, -0.15) is 0 Å². The van der Waals surface area contributed by atoms with E-state index in [1.165, 1.54) is 66.1 Å². The van der Waals surface area contributed by atoms with Crippen LogP contribution in [0.1, 0.15) is 0 Å². The van der Waals surface area contributed by atoms with E-state index in [0.29, 0.717) is 0 Å². The van der Waals surface area contributed by atoms with Crippen molar-refractivity contribution in [2.75, 3.05) is 0 Å². The fourth-order valence-electron chi connectivity index (χ4n) is 5.79. The Balaban J connectivity index is 1.48. The predicted octanol–water partition coefficient (Wildman–Crippen LogP) is 8.99. The van der Waals surface area contributed by atoms with Gasteiger partial charge in [0.05, 0.1) is 33.1 Å². The van der Waals surface area contributed by atoms with E-state index in [1.807, 2.05) is 0 Å². The van der Waals surface area contributed by atoms with Crippen LogP contribution in [0, 0.1) is 0 Å². The van der Waals surface area contributed by atoms with E-state index in [0.717, 1.165) is 0 Å². The number of para-hydroxylation sites is 2. The van der Waals surface area contributed by atoms with Gasteiger partial charge in [0.25, 0.3) is 0 Å². The molecule has 8 rings (SSSR count). The van der Waals surface area contributed by atoms with Crippen LogP contribution in [0.2, 0.25) is 0 Å². The maximum Gasteiger partial charge on any atom is 0.0710 e. The van der Waals surface area contributed by atoms with E-state index in [2.05, 4.69) is 142 Å². The number of nitrogens with zero attached hydrogens (tertiary/aromatic N) is 2. The standard InChI is InChI=1S/C34H22N2/c1-3-9-23(10-4-1)25-15-17-29-27(19-25)21-33-34-22-28-20-26(24-11-5-2-6-12-24)16-18-30(28)36(34)32-14-8-7-13-31(32)35(29)33/h1-22H. The summed E-state index contributed by atoms with van der Waals surface area (Å²) < 4.78 is 4.84. The molecule has 0 aliphatic carbocycles. The summed E-state index contributed by atoms with van der Waals surface area (Å²) in [5.74, 6) is 0. The van der Waals surface area contributed by atoms with E-state index in [4.69, 9.17) is 0 Å². The molecule has 5 aromatic carbocycles. The molecule has 3 aromatic heterocycles. The monoisotopic (exact) mass is 458 g/mol. The van der Waals surface area contributed by atoms with Gasteiger partial charge in [-0.1, -0.05) is 84.9 Å². The molecule has 0 fully saturated rings. The summed E-state index contributed by atoms with van der Waals surface area (Å²) in [6.45, 7) is 0. The summed E-state index contributed by atoms with van der Waals surface area (Å²) in [6, 6.07) is 48.3. The molecule has 2 heteroatoms. The van der Waals surface area contributed by atoms with Gasteiger partial charge in [0, 0.05) is 10.8 Å². The smallest absolute Gasteiger partial charge is 0.0710 e. The summed E-state index contributed by atoms with van der Waals surface area (Å²) in [5.41, 5.74) is 12.3. The summed E-state index contributed by atoms with van der Waals surface area (Å²) >= 11 is 0. The molecule has 0 spiro atoms. The van der Waals surface area contributed by atoms with Crippen LogP contribution in [0.25, 0.3) is 66.1 Å². The minimum atomic E-state index is 1.21. The van der Waals surface area contributed by atoms with Gasteiger partial charge >= 0.3 is 0 Å². The molecule has 8 aromatic rings. The van der Waals surface area contributed by atoms with Crippen molar-refractivity contribution in [1.29, 1.82) is 0 Å². The van der Waals surface area contributed by atoms with Crippen molar-refractivity contribution in [1.82, 2.24) is 8.80 Å². The quantitative estimate of drug-likeness (QED) is 0.244. The minimum absolute atomic E-state index is 1.21. The summed E-state index contributed by atoms with van der Waals surface area (Å²) in [5, 5.41) is 2.51. The lowest BCUT2D eigenvalue weighted by Crippen LogP contribution is -1.95. The number of benzene rings is 5. The van der Waals surface area contributed by atoms with E-state index < -0.39 is 0 Å². The Labute approximate surface area is 208 Å². The summed E-state index contributed by atoms with van der Waals surface area (Å²) in [7, 11) is 0. The minimum Gasteiger partial charge on any atom is -0.306 e. The third kappa shape index (κ3) is 2.73. The van der Waals surface area contributed by atoms with Crippen LogP contribution in [0.5, 0.6) is 0 Å². The van der Waals surface area contributed by atoms with Gasteiger partial charge in [0.1, 0.15) is 0 Å². The largest absolute Gasteiger partial charge is 0.306 e. The highest BCUT2D eigenvalue weighted by Crippen LogP contribution is 2.36. The lowest BCUT2D eigenvalue weighted by molar-refractivity contribution is 1.25. The van der Waals surface area contributed by atoms with Crippen molar-refractivity contribution in [3.8, 4) is 22.3 Å². The first-order valence-corrected chi connectivity index (χ1v) is 12.4. The molecular formula is C34H22N2. The molecule has 0 aliphatic heterocycles. The average molecular weight is 459 g/mol. The highest BCUT2D eigenvalue weighted by molar-refractivity contribution is 6.06. The zero-order valence-electron chi connectivity index (χ0n) is 19.6. The topological polar surface area (TPSA) is 8.82 Å². The predicted molar refractivity (Wildman–Crippen MR) is 152 cm³/mol. The lowest BCUT2D eigenvalue weighted by atomic mass is 10.0. The molecule has 0 saturated heterocycles. The van der Waals surface area contributed by atoms with Gasteiger partial charge in [0.2, 0.25) is 0 Å². The maximum absolute atomic E-state index is 2.42. The number of hydrogen-bond donors (Lipinski definition) is 0. The van der Waals surface area contributed by atoms with Crippen LogP contribution in [0.4, 0.5) is 0 Å². The Bertz CT molecular complexity index is 1930. The fraction of sp³-hybridized carbons (Fsp3) is 0. The van der Waals surface area contributed by atoms with Crippen molar-refractivity contribution in [3.05, 3.63) is 133 Å². The Morgan fingerprint density at radius 1 is 0.278 bits per heavy atom. The van der Waals surface area contributed by atoms with Crippen LogP contribution in [-0.4, -0.2) is 8.80 Å². The molecule has 0 radical (unpaired) electrons. The molecule has 0 N–H and O–H groups in total. The number of rotatable bonds is 2. The van der Waals surface area contributed by atoms with Crippen molar-refractivity contribution in [3.63, 3.8) is 0 Å². The molecule has 0 saturated carbocycles.